The second kappa shape index (κ2) is 4.59. The minimum atomic E-state index is 0.474. The lowest BCUT2D eigenvalue weighted by molar-refractivity contribution is 0.418. The number of nitrogens with two attached hydrogens (primary N) is 1. The lowest BCUT2D eigenvalue weighted by Crippen LogP contribution is -2.02. The van der Waals surface area contributed by atoms with Gasteiger partial charge in [0.05, 0.1) is 12.5 Å². The third-order valence-corrected chi connectivity index (χ3v) is 3.30. The number of rotatable bonds is 2. The first-order valence-corrected chi connectivity index (χ1v) is 6.54. The molecule has 0 aliphatic carbocycles. The molecule has 0 atom stereocenters. The molecule has 0 saturated heterocycles. The number of pyridine rings is 1. The van der Waals surface area contributed by atoms with Gasteiger partial charge in [-0.15, -0.1) is 0 Å². The molecule has 2 heterocycles. The highest BCUT2D eigenvalue weighted by atomic mass is 16.5. The highest BCUT2D eigenvalue weighted by Gasteiger charge is 2.11. The van der Waals surface area contributed by atoms with Gasteiger partial charge in [0.2, 0.25) is 0 Å². The standard InChI is InChI=1S/C15H16N4O/c1-4-12-17-14(16)10-7-9-5-8(2)6-11(20-3)13(9)19-15(10)18-12/h5-7H,4H2,1-3H3,(H2,16,17,18,19). The van der Waals surface area contributed by atoms with Crippen molar-refractivity contribution < 1.29 is 4.74 Å². The first-order chi connectivity index (χ1) is 9.62. The molecule has 0 saturated carbocycles. The van der Waals surface area contributed by atoms with Crippen molar-refractivity contribution in [2.45, 2.75) is 20.3 Å². The van der Waals surface area contributed by atoms with E-state index in [0.717, 1.165) is 34.0 Å². The van der Waals surface area contributed by atoms with Crippen LogP contribution in [-0.2, 0) is 6.42 Å². The maximum atomic E-state index is 6.01. The van der Waals surface area contributed by atoms with Crippen molar-refractivity contribution in [3.8, 4) is 5.75 Å². The summed E-state index contributed by atoms with van der Waals surface area (Å²) < 4.78 is 5.41. The van der Waals surface area contributed by atoms with E-state index in [1.807, 2.05) is 26.0 Å². The Morgan fingerprint density at radius 1 is 1.15 bits per heavy atom. The van der Waals surface area contributed by atoms with Crippen molar-refractivity contribution in [2.75, 3.05) is 12.8 Å². The summed E-state index contributed by atoms with van der Waals surface area (Å²) in [5.74, 6) is 1.92. The third kappa shape index (κ3) is 1.91. The summed E-state index contributed by atoms with van der Waals surface area (Å²) in [6, 6.07) is 5.99. The van der Waals surface area contributed by atoms with E-state index in [1.54, 1.807) is 7.11 Å². The predicted octanol–water partition coefficient (Wildman–Crippen LogP) is 2.64. The lowest BCUT2D eigenvalue weighted by atomic mass is 10.1. The molecule has 20 heavy (non-hydrogen) atoms. The molecule has 0 fully saturated rings. The molecule has 3 rings (SSSR count). The number of hydrogen-bond donors (Lipinski definition) is 1. The van der Waals surface area contributed by atoms with E-state index in [4.69, 9.17) is 10.5 Å². The Kier molecular flexibility index (Phi) is 2.89. The van der Waals surface area contributed by atoms with Gasteiger partial charge < -0.3 is 10.5 Å². The van der Waals surface area contributed by atoms with E-state index in [-0.39, 0.29) is 0 Å². The van der Waals surface area contributed by atoms with Gasteiger partial charge in [-0.2, -0.15) is 0 Å². The van der Waals surface area contributed by atoms with Gasteiger partial charge in [-0.3, -0.25) is 0 Å². The number of aryl methyl sites for hydroxylation is 2. The van der Waals surface area contributed by atoms with Crippen molar-refractivity contribution in [3.63, 3.8) is 0 Å². The van der Waals surface area contributed by atoms with E-state index in [1.165, 1.54) is 0 Å². The van der Waals surface area contributed by atoms with Gasteiger partial charge in [-0.1, -0.05) is 6.92 Å². The van der Waals surface area contributed by atoms with Crippen molar-refractivity contribution in [1.29, 1.82) is 0 Å². The highest BCUT2D eigenvalue weighted by Crippen LogP contribution is 2.29. The largest absolute Gasteiger partial charge is 0.494 e. The Labute approximate surface area is 116 Å². The number of ether oxygens (including phenoxy) is 1. The predicted molar refractivity (Wildman–Crippen MR) is 79.9 cm³/mol. The molecule has 0 amide bonds. The molecule has 1 aromatic carbocycles. The van der Waals surface area contributed by atoms with Crippen LogP contribution in [0, 0.1) is 6.92 Å². The summed E-state index contributed by atoms with van der Waals surface area (Å²) in [4.78, 5) is 13.3. The van der Waals surface area contributed by atoms with E-state index in [2.05, 4.69) is 21.0 Å². The smallest absolute Gasteiger partial charge is 0.165 e. The number of benzene rings is 1. The summed E-state index contributed by atoms with van der Waals surface area (Å²) in [6.07, 6.45) is 0.727. The number of methoxy groups -OCH3 is 1. The number of aromatic nitrogens is 3. The van der Waals surface area contributed by atoms with E-state index >= 15 is 0 Å². The quantitative estimate of drug-likeness (QED) is 0.723. The number of nitrogen functional groups attached to an aromatic ring is 1. The molecule has 0 aliphatic heterocycles. The highest BCUT2D eigenvalue weighted by molar-refractivity contribution is 5.98. The van der Waals surface area contributed by atoms with Crippen LogP contribution in [0.1, 0.15) is 18.3 Å². The Balaban J connectivity index is 2.43. The van der Waals surface area contributed by atoms with Gasteiger partial charge in [0, 0.05) is 11.8 Å². The Hall–Kier alpha value is -2.43. The van der Waals surface area contributed by atoms with E-state index in [9.17, 15) is 0 Å². The minimum Gasteiger partial charge on any atom is -0.494 e. The molecule has 0 spiro atoms. The number of fused-ring (bicyclic) bond motifs is 2. The van der Waals surface area contributed by atoms with Crippen LogP contribution in [0.5, 0.6) is 5.75 Å². The monoisotopic (exact) mass is 268 g/mol. The Morgan fingerprint density at radius 2 is 1.95 bits per heavy atom. The Bertz CT molecular complexity index is 814. The van der Waals surface area contributed by atoms with Crippen molar-refractivity contribution in [1.82, 2.24) is 15.0 Å². The van der Waals surface area contributed by atoms with Crippen LogP contribution in [0.25, 0.3) is 21.9 Å². The molecule has 0 unspecified atom stereocenters. The molecule has 0 bridgehead atoms. The van der Waals surface area contributed by atoms with Gasteiger partial charge in [-0.05, 0) is 30.7 Å². The summed E-state index contributed by atoms with van der Waals surface area (Å²) in [5, 5.41) is 1.76. The van der Waals surface area contributed by atoms with Gasteiger partial charge in [0.15, 0.2) is 5.65 Å². The fourth-order valence-corrected chi connectivity index (χ4v) is 2.32. The average Bonchev–Trinajstić information content (AvgIpc) is 2.44. The number of hydrogen-bond acceptors (Lipinski definition) is 5. The van der Waals surface area contributed by atoms with Gasteiger partial charge >= 0.3 is 0 Å². The normalized spacial score (nSPS) is 11.2. The fraction of sp³-hybridized carbons (Fsp3) is 0.267. The maximum absolute atomic E-state index is 6.01. The van der Waals surface area contributed by atoms with Crippen LogP contribution >= 0.6 is 0 Å². The van der Waals surface area contributed by atoms with Crippen LogP contribution in [0.15, 0.2) is 18.2 Å². The molecule has 0 aliphatic rings. The summed E-state index contributed by atoms with van der Waals surface area (Å²) in [7, 11) is 1.64. The SMILES string of the molecule is CCc1nc(N)c2cc3cc(C)cc(OC)c3nc2n1. The van der Waals surface area contributed by atoms with Crippen LogP contribution in [0.4, 0.5) is 5.82 Å². The van der Waals surface area contributed by atoms with Crippen molar-refractivity contribution in [2.24, 2.45) is 0 Å². The summed E-state index contributed by atoms with van der Waals surface area (Å²) >= 11 is 0. The molecular formula is C15H16N4O. The summed E-state index contributed by atoms with van der Waals surface area (Å²) in [6.45, 7) is 4.01. The van der Waals surface area contributed by atoms with Crippen molar-refractivity contribution in [3.05, 3.63) is 29.6 Å². The van der Waals surface area contributed by atoms with Gasteiger partial charge in [0.25, 0.3) is 0 Å². The molecule has 5 heteroatoms. The lowest BCUT2D eigenvalue weighted by Gasteiger charge is -2.09. The molecule has 5 nitrogen and oxygen atoms in total. The second-order valence-corrected chi connectivity index (χ2v) is 4.78. The minimum absolute atomic E-state index is 0.474. The molecule has 0 radical (unpaired) electrons. The summed E-state index contributed by atoms with van der Waals surface area (Å²) in [5.41, 5.74) is 8.53. The average molecular weight is 268 g/mol. The molecule has 2 N–H and O–H groups in total. The van der Waals surface area contributed by atoms with Crippen molar-refractivity contribution >= 4 is 27.8 Å². The van der Waals surface area contributed by atoms with E-state index < -0.39 is 0 Å². The number of anilines is 1. The fourth-order valence-electron chi connectivity index (χ4n) is 2.32. The first-order valence-electron chi connectivity index (χ1n) is 6.54. The zero-order chi connectivity index (χ0) is 14.3. The topological polar surface area (TPSA) is 73.9 Å². The van der Waals surface area contributed by atoms with Gasteiger partial charge in [-0.25, -0.2) is 15.0 Å². The molecular weight excluding hydrogens is 252 g/mol. The Morgan fingerprint density at radius 3 is 2.65 bits per heavy atom. The first kappa shape index (κ1) is 12.6. The van der Waals surface area contributed by atoms with E-state index in [0.29, 0.717) is 17.3 Å². The van der Waals surface area contributed by atoms with Crippen LogP contribution in [0.3, 0.4) is 0 Å². The van der Waals surface area contributed by atoms with Gasteiger partial charge in [0.1, 0.15) is 22.9 Å². The van der Waals surface area contributed by atoms with Crippen LogP contribution in [-0.4, -0.2) is 22.1 Å². The zero-order valence-corrected chi connectivity index (χ0v) is 11.8. The molecule has 3 aromatic rings. The third-order valence-electron chi connectivity index (χ3n) is 3.30. The molecule has 102 valence electrons. The number of nitrogens with zero attached hydrogens (tertiary/aromatic N) is 3. The van der Waals surface area contributed by atoms with Crippen LogP contribution in [0.2, 0.25) is 0 Å². The van der Waals surface area contributed by atoms with Crippen LogP contribution < -0.4 is 10.5 Å². The second-order valence-electron chi connectivity index (χ2n) is 4.78. The maximum Gasteiger partial charge on any atom is 0.165 e. The molecule has 2 aromatic heterocycles. The zero-order valence-electron chi connectivity index (χ0n) is 11.8.